The van der Waals surface area contributed by atoms with Gasteiger partial charge in [0.1, 0.15) is 23.5 Å². The van der Waals surface area contributed by atoms with Gasteiger partial charge < -0.3 is 30.0 Å². The number of likely N-dealkylation sites (N-methyl/N-ethyl adjacent to an activating group) is 1. The van der Waals surface area contributed by atoms with Gasteiger partial charge >= 0.3 is 0 Å². The van der Waals surface area contributed by atoms with Gasteiger partial charge in [-0.25, -0.2) is 0 Å². The number of likely N-dealkylation sites (tertiary alicyclic amines) is 1. The summed E-state index contributed by atoms with van der Waals surface area (Å²) in [5.74, 6) is -3.83. The standard InChI is InChI=1S/C29H30F2N10O4/c1-40-12-9-34-27(40)17-3-2-4-19(13-17)44-28-23(30)25(43-18-7-10-41(11-8-18)15-22-36-38-39-37-22)24(31)29(35-28)45-21-14-16(26(32)33)5-6-20(21)42/h2-6,13-14,18,42H,7-12,15H2,1H3,(H3,32,33)(H,36,37,38,39). The molecule has 6 rings (SSSR count). The van der Waals surface area contributed by atoms with E-state index < -0.39 is 35.2 Å². The summed E-state index contributed by atoms with van der Waals surface area (Å²) in [5.41, 5.74) is 6.53. The fraction of sp³-hybridized carbons (Fsp3) is 0.310. The Bertz CT molecular complexity index is 1730. The highest BCUT2D eigenvalue weighted by Gasteiger charge is 2.30. The zero-order chi connectivity index (χ0) is 31.5. The van der Waals surface area contributed by atoms with Crippen molar-refractivity contribution in [2.45, 2.75) is 25.5 Å². The van der Waals surface area contributed by atoms with Crippen LogP contribution in [0.4, 0.5) is 8.78 Å². The van der Waals surface area contributed by atoms with Gasteiger partial charge in [-0.1, -0.05) is 17.3 Å². The van der Waals surface area contributed by atoms with Gasteiger partial charge in [-0.15, -0.1) is 10.2 Å². The molecule has 1 saturated heterocycles. The topological polar surface area (TPSA) is 184 Å². The highest BCUT2D eigenvalue weighted by Crippen LogP contribution is 2.40. The van der Waals surface area contributed by atoms with E-state index in [0.717, 1.165) is 17.9 Å². The number of H-pyrrole nitrogens is 1. The number of benzene rings is 2. The molecule has 1 fully saturated rings. The average Bonchev–Trinajstić information content (AvgIpc) is 3.71. The Hall–Kier alpha value is -5.38. The first-order valence-corrected chi connectivity index (χ1v) is 14.1. The third kappa shape index (κ3) is 6.59. The van der Waals surface area contributed by atoms with Crippen LogP contribution in [0.2, 0.25) is 0 Å². The molecule has 2 aromatic carbocycles. The van der Waals surface area contributed by atoms with Crippen LogP contribution in [0, 0.1) is 17.0 Å². The van der Waals surface area contributed by atoms with Crippen LogP contribution in [-0.4, -0.2) is 91.5 Å². The molecule has 4 heterocycles. The fourth-order valence-corrected chi connectivity index (χ4v) is 5.04. The van der Waals surface area contributed by atoms with Crippen molar-refractivity contribution < 1.29 is 28.1 Å². The molecular formula is C29H30F2N10O4. The lowest BCUT2D eigenvalue weighted by Crippen LogP contribution is -2.38. The monoisotopic (exact) mass is 620 g/mol. The Morgan fingerprint density at radius 1 is 1.09 bits per heavy atom. The van der Waals surface area contributed by atoms with Crippen LogP contribution in [0.25, 0.3) is 0 Å². The first kappa shape index (κ1) is 29.7. The Morgan fingerprint density at radius 2 is 1.87 bits per heavy atom. The van der Waals surface area contributed by atoms with Gasteiger partial charge in [0.25, 0.3) is 11.8 Å². The van der Waals surface area contributed by atoms with E-state index in [2.05, 4.69) is 35.5 Å². The van der Waals surface area contributed by atoms with Crippen molar-refractivity contribution in [2.24, 2.45) is 10.7 Å². The maximum Gasteiger partial charge on any atom is 0.263 e. The lowest BCUT2D eigenvalue weighted by atomic mass is 10.1. The van der Waals surface area contributed by atoms with Gasteiger partial charge in [-0.3, -0.25) is 15.3 Å². The minimum absolute atomic E-state index is 0.211. The second-order valence-corrected chi connectivity index (χ2v) is 10.6. The summed E-state index contributed by atoms with van der Waals surface area (Å²) >= 11 is 0. The maximum atomic E-state index is 16.0. The number of halogens is 2. The number of rotatable bonds is 10. The van der Waals surface area contributed by atoms with Crippen molar-refractivity contribution in [1.82, 2.24) is 35.4 Å². The highest BCUT2D eigenvalue weighted by atomic mass is 19.1. The number of hydrogen-bond donors (Lipinski definition) is 4. The van der Waals surface area contributed by atoms with Gasteiger partial charge in [-0.05, 0) is 43.2 Å². The summed E-state index contributed by atoms with van der Waals surface area (Å²) in [6.07, 6.45) is 0.391. The molecule has 2 aromatic heterocycles. The first-order chi connectivity index (χ1) is 21.7. The van der Waals surface area contributed by atoms with Crippen molar-refractivity contribution >= 4 is 11.7 Å². The quantitative estimate of drug-likeness (QED) is 0.151. The SMILES string of the molecule is CN1CCN=C1c1cccc(Oc2nc(Oc3cc(C(=N)N)ccc3O)c(F)c(OC3CCN(Cc4nn[nH]n4)CC3)c2F)c1. The van der Waals surface area contributed by atoms with Crippen molar-refractivity contribution in [3.8, 4) is 34.8 Å². The van der Waals surface area contributed by atoms with Gasteiger partial charge in [-0.2, -0.15) is 19.0 Å². The summed E-state index contributed by atoms with van der Waals surface area (Å²) in [4.78, 5) is 12.6. The van der Waals surface area contributed by atoms with Crippen LogP contribution in [-0.2, 0) is 6.54 Å². The predicted molar refractivity (Wildman–Crippen MR) is 157 cm³/mol. The summed E-state index contributed by atoms with van der Waals surface area (Å²) in [6, 6.07) is 10.7. The van der Waals surface area contributed by atoms with Crippen LogP contribution in [0.3, 0.4) is 0 Å². The van der Waals surface area contributed by atoms with E-state index in [1.807, 2.05) is 18.0 Å². The van der Waals surface area contributed by atoms with E-state index in [1.54, 1.807) is 18.2 Å². The molecule has 0 unspecified atom stereocenters. The number of pyridine rings is 1. The smallest absolute Gasteiger partial charge is 0.263 e. The number of aromatic amines is 1. The number of phenolic OH excluding ortho intramolecular Hbond substituents is 1. The number of ether oxygens (including phenoxy) is 3. The number of phenols is 1. The molecule has 0 saturated carbocycles. The van der Waals surface area contributed by atoms with Crippen molar-refractivity contribution in [2.75, 3.05) is 33.2 Å². The maximum absolute atomic E-state index is 16.0. The number of aliphatic imine (C=N–C) groups is 1. The molecule has 2 aliphatic rings. The van der Waals surface area contributed by atoms with Gasteiger partial charge in [0.2, 0.25) is 17.4 Å². The molecule has 45 heavy (non-hydrogen) atoms. The molecule has 16 heteroatoms. The molecule has 0 atom stereocenters. The second-order valence-electron chi connectivity index (χ2n) is 10.6. The Kier molecular flexibility index (Phi) is 8.37. The van der Waals surface area contributed by atoms with Crippen LogP contribution in [0.1, 0.15) is 29.8 Å². The summed E-state index contributed by atoms with van der Waals surface area (Å²) in [5, 5.41) is 32.0. The summed E-state index contributed by atoms with van der Waals surface area (Å²) < 4.78 is 49.2. The molecule has 0 spiro atoms. The molecule has 4 aromatic rings. The van der Waals surface area contributed by atoms with Gasteiger partial charge in [0.05, 0.1) is 13.1 Å². The van der Waals surface area contributed by atoms with E-state index in [-0.39, 0.29) is 28.6 Å². The second kappa shape index (κ2) is 12.7. The molecule has 14 nitrogen and oxygen atoms in total. The number of nitrogens with zero attached hydrogens (tertiary/aromatic N) is 7. The summed E-state index contributed by atoms with van der Waals surface area (Å²) in [7, 11) is 1.92. The van der Waals surface area contributed by atoms with E-state index in [9.17, 15) is 5.11 Å². The first-order valence-electron chi connectivity index (χ1n) is 14.1. The zero-order valence-corrected chi connectivity index (χ0v) is 24.2. The molecule has 0 amide bonds. The number of tetrazole rings is 1. The minimum atomic E-state index is -1.22. The number of piperidine rings is 1. The molecule has 0 bridgehead atoms. The number of hydrogen-bond acceptors (Lipinski definition) is 12. The van der Waals surface area contributed by atoms with E-state index in [0.29, 0.717) is 44.8 Å². The van der Waals surface area contributed by atoms with Crippen molar-refractivity contribution in [3.63, 3.8) is 0 Å². The number of amidine groups is 2. The van der Waals surface area contributed by atoms with Crippen LogP contribution in [0.15, 0.2) is 47.5 Å². The van der Waals surface area contributed by atoms with Crippen molar-refractivity contribution in [3.05, 3.63) is 71.1 Å². The van der Waals surface area contributed by atoms with Gasteiger partial charge in [0, 0.05) is 37.8 Å². The van der Waals surface area contributed by atoms with E-state index in [1.165, 1.54) is 18.2 Å². The molecule has 5 N–H and O–H groups in total. The zero-order valence-electron chi connectivity index (χ0n) is 24.2. The fourth-order valence-electron chi connectivity index (χ4n) is 5.04. The Balaban J connectivity index is 1.30. The van der Waals surface area contributed by atoms with E-state index in [4.69, 9.17) is 25.4 Å². The normalized spacial score (nSPS) is 15.6. The lowest BCUT2D eigenvalue weighted by molar-refractivity contribution is 0.0873. The average molecular weight is 621 g/mol. The lowest BCUT2D eigenvalue weighted by Gasteiger charge is -2.31. The molecule has 0 radical (unpaired) electrons. The summed E-state index contributed by atoms with van der Waals surface area (Å²) in [6.45, 7) is 3.03. The van der Waals surface area contributed by atoms with E-state index >= 15 is 8.78 Å². The van der Waals surface area contributed by atoms with Crippen LogP contribution < -0.4 is 19.9 Å². The van der Waals surface area contributed by atoms with Crippen molar-refractivity contribution in [1.29, 1.82) is 5.41 Å². The molecule has 234 valence electrons. The molecule has 0 aliphatic carbocycles. The molecule has 2 aliphatic heterocycles. The molecular weight excluding hydrogens is 590 g/mol. The van der Waals surface area contributed by atoms with Crippen LogP contribution in [0.5, 0.6) is 34.8 Å². The number of aromatic hydroxyl groups is 1. The predicted octanol–water partition coefficient (Wildman–Crippen LogP) is 3.18. The Labute approximate surface area is 256 Å². The third-order valence-corrected chi connectivity index (χ3v) is 7.39. The number of nitrogen functional groups attached to an aromatic ring is 1. The minimum Gasteiger partial charge on any atom is -0.504 e. The highest BCUT2D eigenvalue weighted by molar-refractivity contribution is 6.00. The van der Waals surface area contributed by atoms with Gasteiger partial charge in [0.15, 0.2) is 17.3 Å². The van der Waals surface area contributed by atoms with Crippen LogP contribution >= 0.6 is 0 Å². The number of nitrogens with two attached hydrogens (primary N) is 1. The number of aromatic nitrogens is 5. The third-order valence-electron chi connectivity index (χ3n) is 7.39. The largest absolute Gasteiger partial charge is 0.504 e. The number of nitrogens with one attached hydrogen (secondary N) is 2. The Morgan fingerprint density at radius 3 is 2.56 bits per heavy atom.